The summed E-state index contributed by atoms with van der Waals surface area (Å²) < 4.78 is 1.01. The minimum absolute atomic E-state index is 0.369. The molecular formula is C15H22BrN3S. The van der Waals surface area contributed by atoms with Crippen LogP contribution < -0.4 is 11.1 Å². The van der Waals surface area contributed by atoms with Gasteiger partial charge < -0.3 is 16.0 Å². The van der Waals surface area contributed by atoms with Crippen LogP contribution in [0.5, 0.6) is 0 Å². The lowest BCUT2D eigenvalue weighted by Crippen LogP contribution is -2.40. The third-order valence-electron chi connectivity index (χ3n) is 4.15. The van der Waals surface area contributed by atoms with Crippen molar-refractivity contribution in [3.8, 4) is 0 Å². The van der Waals surface area contributed by atoms with Gasteiger partial charge in [0.2, 0.25) is 0 Å². The van der Waals surface area contributed by atoms with Gasteiger partial charge in [0.15, 0.2) is 0 Å². The highest BCUT2D eigenvalue weighted by molar-refractivity contribution is 9.10. The summed E-state index contributed by atoms with van der Waals surface area (Å²) in [5.74, 6) is 0. The molecule has 0 bridgehead atoms. The lowest BCUT2D eigenvalue weighted by atomic mass is 9.80. The lowest BCUT2D eigenvalue weighted by molar-refractivity contribution is 0.150. The van der Waals surface area contributed by atoms with Gasteiger partial charge >= 0.3 is 0 Å². The van der Waals surface area contributed by atoms with Crippen molar-refractivity contribution in [2.45, 2.75) is 19.8 Å². The Morgan fingerprint density at radius 3 is 2.65 bits per heavy atom. The number of rotatable bonds is 4. The Labute approximate surface area is 135 Å². The van der Waals surface area contributed by atoms with Gasteiger partial charge in [0.05, 0.1) is 0 Å². The molecule has 3 N–H and O–H groups in total. The molecule has 0 aliphatic carbocycles. The van der Waals surface area contributed by atoms with E-state index in [1.54, 1.807) is 0 Å². The molecule has 1 aliphatic rings. The molecule has 3 nitrogen and oxygen atoms in total. The van der Waals surface area contributed by atoms with Gasteiger partial charge in [-0.15, -0.1) is 0 Å². The fraction of sp³-hybridized carbons (Fsp3) is 0.533. The molecule has 110 valence electrons. The van der Waals surface area contributed by atoms with Crippen LogP contribution >= 0.6 is 28.1 Å². The summed E-state index contributed by atoms with van der Waals surface area (Å²) in [4.78, 5) is 2.83. The third-order valence-corrected chi connectivity index (χ3v) is 5.05. The van der Waals surface area contributed by atoms with E-state index < -0.39 is 0 Å². The molecule has 0 amide bonds. The first-order valence-corrected chi connectivity index (χ1v) is 8.11. The van der Waals surface area contributed by atoms with Gasteiger partial charge in [-0.05, 0) is 72.5 Å². The number of nitrogens with two attached hydrogens (primary N) is 1. The van der Waals surface area contributed by atoms with E-state index in [4.69, 9.17) is 18.0 Å². The highest BCUT2D eigenvalue weighted by atomic mass is 79.9. The van der Waals surface area contributed by atoms with Crippen molar-refractivity contribution >= 4 is 38.8 Å². The van der Waals surface area contributed by atoms with Crippen molar-refractivity contribution in [2.24, 2.45) is 11.1 Å². The van der Waals surface area contributed by atoms with Gasteiger partial charge in [0, 0.05) is 22.3 Å². The van der Waals surface area contributed by atoms with Crippen molar-refractivity contribution in [3.05, 3.63) is 28.2 Å². The van der Waals surface area contributed by atoms with Crippen molar-refractivity contribution in [1.82, 2.24) is 4.90 Å². The maximum absolute atomic E-state index is 5.64. The van der Waals surface area contributed by atoms with E-state index in [-0.39, 0.29) is 0 Å². The SMILES string of the molecule is CN1CCC(C)(CNc2ccc(C(N)=S)cc2Br)CC1. The minimum Gasteiger partial charge on any atom is -0.389 e. The molecule has 1 aromatic carbocycles. The van der Waals surface area contributed by atoms with Gasteiger partial charge in [-0.1, -0.05) is 19.1 Å². The standard InChI is InChI=1S/C15H22BrN3S/c1-15(5-7-19(2)8-6-15)10-18-13-4-3-11(14(17)20)9-12(13)16/h3-4,9,18H,5-8,10H2,1-2H3,(H2,17,20). The largest absolute Gasteiger partial charge is 0.389 e. The van der Waals surface area contributed by atoms with E-state index >= 15 is 0 Å². The summed E-state index contributed by atoms with van der Waals surface area (Å²) in [5, 5.41) is 3.55. The van der Waals surface area contributed by atoms with Crippen LogP contribution in [0.4, 0.5) is 5.69 Å². The molecular weight excluding hydrogens is 334 g/mol. The Morgan fingerprint density at radius 2 is 2.10 bits per heavy atom. The van der Waals surface area contributed by atoms with Crippen molar-refractivity contribution in [1.29, 1.82) is 0 Å². The highest BCUT2D eigenvalue weighted by Gasteiger charge is 2.28. The smallest absolute Gasteiger partial charge is 0.104 e. The third kappa shape index (κ3) is 3.93. The van der Waals surface area contributed by atoms with Gasteiger partial charge in [0.25, 0.3) is 0 Å². The number of likely N-dealkylation sites (tertiary alicyclic amines) is 1. The zero-order chi connectivity index (χ0) is 14.8. The fourth-order valence-electron chi connectivity index (χ4n) is 2.46. The number of nitrogens with one attached hydrogen (secondary N) is 1. The van der Waals surface area contributed by atoms with Crippen LogP contribution in [0, 0.1) is 5.41 Å². The zero-order valence-corrected chi connectivity index (χ0v) is 14.5. The predicted molar refractivity (Wildman–Crippen MR) is 93.4 cm³/mol. The number of hydrogen-bond donors (Lipinski definition) is 2. The maximum atomic E-state index is 5.64. The highest BCUT2D eigenvalue weighted by Crippen LogP contribution is 2.32. The van der Waals surface area contributed by atoms with Crippen LogP contribution in [0.1, 0.15) is 25.3 Å². The second-order valence-corrected chi connectivity index (χ2v) is 7.32. The molecule has 2 rings (SSSR count). The molecule has 0 saturated carbocycles. The van der Waals surface area contributed by atoms with Gasteiger partial charge in [-0.25, -0.2) is 0 Å². The number of nitrogens with zero attached hydrogens (tertiary/aromatic N) is 1. The van der Waals surface area contributed by atoms with Crippen molar-refractivity contribution < 1.29 is 0 Å². The average Bonchev–Trinajstić information content (AvgIpc) is 2.41. The van der Waals surface area contributed by atoms with Gasteiger partial charge in [0.1, 0.15) is 4.99 Å². The fourth-order valence-corrected chi connectivity index (χ4v) is 3.10. The Morgan fingerprint density at radius 1 is 1.45 bits per heavy atom. The molecule has 20 heavy (non-hydrogen) atoms. The first kappa shape index (κ1) is 15.7. The maximum Gasteiger partial charge on any atom is 0.104 e. The first-order valence-electron chi connectivity index (χ1n) is 6.91. The molecule has 5 heteroatoms. The molecule has 1 aromatic rings. The van der Waals surface area contributed by atoms with Crippen LogP contribution in [0.25, 0.3) is 0 Å². The molecule has 1 aliphatic heterocycles. The topological polar surface area (TPSA) is 41.3 Å². The van der Waals surface area contributed by atoms with E-state index in [9.17, 15) is 0 Å². The van der Waals surface area contributed by atoms with Crippen molar-refractivity contribution in [2.75, 3.05) is 32.0 Å². The van der Waals surface area contributed by atoms with E-state index in [0.29, 0.717) is 10.4 Å². The molecule has 0 radical (unpaired) electrons. The number of hydrogen-bond acceptors (Lipinski definition) is 3. The van der Waals surface area contributed by atoms with E-state index in [0.717, 1.165) is 22.3 Å². The molecule has 0 aromatic heterocycles. The lowest BCUT2D eigenvalue weighted by Gasteiger charge is -2.38. The van der Waals surface area contributed by atoms with E-state index in [2.05, 4.69) is 40.1 Å². The minimum atomic E-state index is 0.369. The second-order valence-electron chi connectivity index (χ2n) is 6.03. The summed E-state index contributed by atoms with van der Waals surface area (Å²) in [6, 6.07) is 5.98. The Balaban J connectivity index is 1.99. The zero-order valence-electron chi connectivity index (χ0n) is 12.1. The molecule has 1 heterocycles. The normalized spacial score (nSPS) is 18.8. The van der Waals surface area contributed by atoms with Crippen molar-refractivity contribution in [3.63, 3.8) is 0 Å². The van der Waals surface area contributed by atoms with Gasteiger partial charge in [-0.2, -0.15) is 0 Å². The van der Waals surface area contributed by atoms with E-state index in [1.807, 2.05) is 18.2 Å². The number of benzene rings is 1. The van der Waals surface area contributed by atoms with Crippen LogP contribution in [0.15, 0.2) is 22.7 Å². The summed E-state index contributed by atoms with van der Waals surface area (Å²) >= 11 is 8.57. The van der Waals surface area contributed by atoms with Crippen LogP contribution in [-0.4, -0.2) is 36.6 Å². The number of anilines is 1. The first-order chi connectivity index (χ1) is 9.39. The summed E-state index contributed by atoms with van der Waals surface area (Å²) in [5.41, 5.74) is 8.01. The average molecular weight is 356 g/mol. The Bertz CT molecular complexity index is 496. The van der Waals surface area contributed by atoms with Crippen LogP contribution in [0.2, 0.25) is 0 Å². The summed E-state index contributed by atoms with van der Waals surface area (Å²) in [6.45, 7) is 5.72. The number of thiocarbonyl (C=S) groups is 1. The quantitative estimate of drug-likeness (QED) is 0.813. The van der Waals surface area contributed by atoms with Gasteiger partial charge in [-0.3, -0.25) is 0 Å². The number of piperidine rings is 1. The Hall–Kier alpha value is -0.650. The van der Waals surface area contributed by atoms with E-state index in [1.165, 1.54) is 25.9 Å². The van der Waals surface area contributed by atoms with Crippen LogP contribution in [0.3, 0.4) is 0 Å². The monoisotopic (exact) mass is 355 g/mol. The molecule has 1 saturated heterocycles. The van der Waals surface area contributed by atoms with Crippen LogP contribution in [-0.2, 0) is 0 Å². The molecule has 0 unspecified atom stereocenters. The Kier molecular flexibility index (Phi) is 5.04. The molecule has 0 spiro atoms. The summed E-state index contributed by atoms with van der Waals surface area (Å²) in [6.07, 6.45) is 2.47. The number of halogens is 1. The second kappa shape index (κ2) is 6.41. The molecule has 0 atom stereocenters. The summed E-state index contributed by atoms with van der Waals surface area (Å²) in [7, 11) is 2.19. The molecule has 1 fully saturated rings. The predicted octanol–water partition coefficient (Wildman–Crippen LogP) is 3.23.